The van der Waals surface area contributed by atoms with E-state index in [1.165, 1.54) is 4.88 Å². The van der Waals surface area contributed by atoms with E-state index in [-0.39, 0.29) is 0 Å². The molecule has 84 valence electrons. The van der Waals surface area contributed by atoms with E-state index in [4.69, 9.17) is 4.74 Å². The fourth-order valence-electron chi connectivity index (χ4n) is 2.24. The van der Waals surface area contributed by atoms with Gasteiger partial charge in [0.1, 0.15) is 0 Å². The van der Waals surface area contributed by atoms with Crippen LogP contribution in [-0.2, 0) is 10.3 Å². The maximum absolute atomic E-state index is 10.5. The van der Waals surface area contributed by atoms with Crippen LogP contribution in [0, 0.1) is 6.92 Å². The second-order valence-electron chi connectivity index (χ2n) is 4.38. The van der Waals surface area contributed by atoms with E-state index in [9.17, 15) is 5.11 Å². The van der Waals surface area contributed by atoms with Crippen LogP contribution in [0.3, 0.4) is 0 Å². The van der Waals surface area contributed by atoms with Crippen molar-refractivity contribution in [1.82, 2.24) is 0 Å². The Labute approximate surface area is 94.9 Å². The summed E-state index contributed by atoms with van der Waals surface area (Å²) >= 11 is 1.71. The van der Waals surface area contributed by atoms with Crippen molar-refractivity contribution in [2.75, 3.05) is 7.11 Å². The molecule has 0 aromatic carbocycles. The Morgan fingerprint density at radius 1 is 1.40 bits per heavy atom. The molecule has 0 spiro atoms. The molecule has 1 aliphatic carbocycles. The van der Waals surface area contributed by atoms with Crippen molar-refractivity contribution < 1.29 is 9.84 Å². The van der Waals surface area contributed by atoms with Gasteiger partial charge in [-0.1, -0.05) is 0 Å². The van der Waals surface area contributed by atoms with E-state index in [2.05, 4.69) is 19.1 Å². The second-order valence-corrected chi connectivity index (χ2v) is 5.66. The smallest absolute Gasteiger partial charge is 0.0989 e. The average molecular weight is 226 g/mol. The third-order valence-corrected chi connectivity index (χ3v) is 4.49. The zero-order valence-electron chi connectivity index (χ0n) is 9.32. The molecule has 0 bridgehead atoms. The van der Waals surface area contributed by atoms with Crippen LogP contribution in [0.2, 0.25) is 0 Å². The summed E-state index contributed by atoms with van der Waals surface area (Å²) < 4.78 is 5.32. The zero-order chi connectivity index (χ0) is 10.9. The summed E-state index contributed by atoms with van der Waals surface area (Å²) in [4.78, 5) is 2.39. The molecule has 0 aliphatic heterocycles. The highest BCUT2D eigenvalue weighted by Gasteiger charge is 2.35. The van der Waals surface area contributed by atoms with Crippen molar-refractivity contribution >= 4 is 11.3 Å². The molecule has 1 heterocycles. The van der Waals surface area contributed by atoms with Gasteiger partial charge in [-0.2, -0.15) is 0 Å². The molecule has 3 heteroatoms. The lowest BCUT2D eigenvalue weighted by Crippen LogP contribution is -2.33. The highest BCUT2D eigenvalue weighted by molar-refractivity contribution is 7.12. The van der Waals surface area contributed by atoms with Crippen LogP contribution in [0.4, 0.5) is 0 Å². The molecule has 1 aromatic heterocycles. The van der Waals surface area contributed by atoms with E-state index < -0.39 is 5.60 Å². The van der Waals surface area contributed by atoms with Crippen LogP contribution in [0.1, 0.15) is 35.4 Å². The molecule has 2 rings (SSSR count). The Hall–Kier alpha value is -0.380. The lowest BCUT2D eigenvalue weighted by Gasteiger charge is -2.34. The van der Waals surface area contributed by atoms with E-state index in [1.807, 2.05) is 0 Å². The standard InChI is InChI=1S/C12H18O2S/c1-9-3-4-11(15-9)12(13)7-5-10(14-2)6-8-12/h3-4,10,13H,5-8H2,1-2H3. The molecular weight excluding hydrogens is 208 g/mol. The number of aryl methyl sites for hydroxylation is 1. The molecule has 15 heavy (non-hydrogen) atoms. The first-order valence-electron chi connectivity index (χ1n) is 5.46. The van der Waals surface area contributed by atoms with Gasteiger partial charge in [0.25, 0.3) is 0 Å². The van der Waals surface area contributed by atoms with E-state index >= 15 is 0 Å². The highest BCUT2D eigenvalue weighted by Crippen LogP contribution is 2.40. The van der Waals surface area contributed by atoms with Gasteiger partial charge in [0.05, 0.1) is 11.7 Å². The van der Waals surface area contributed by atoms with Crippen molar-refractivity contribution in [2.24, 2.45) is 0 Å². The first-order chi connectivity index (χ1) is 7.14. The summed E-state index contributed by atoms with van der Waals surface area (Å²) in [7, 11) is 1.75. The summed E-state index contributed by atoms with van der Waals surface area (Å²) in [6.07, 6.45) is 3.91. The van der Waals surface area contributed by atoms with Crippen LogP contribution in [0.5, 0.6) is 0 Å². The first kappa shape index (κ1) is 11.1. The molecule has 0 unspecified atom stereocenters. The Bertz CT molecular complexity index is 324. The number of aliphatic hydroxyl groups is 1. The van der Waals surface area contributed by atoms with E-state index in [0.29, 0.717) is 6.10 Å². The topological polar surface area (TPSA) is 29.5 Å². The molecule has 1 saturated carbocycles. The maximum Gasteiger partial charge on any atom is 0.0989 e. The molecule has 1 fully saturated rings. The van der Waals surface area contributed by atoms with Gasteiger partial charge in [-0.15, -0.1) is 11.3 Å². The lowest BCUT2D eigenvalue weighted by atomic mass is 9.82. The molecule has 1 aromatic rings. The van der Waals surface area contributed by atoms with Crippen molar-refractivity contribution in [2.45, 2.75) is 44.3 Å². The van der Waals surface area contributed by atoms with Gasteiger partial charge in [-0.05, 0) is 44.7 Å². The number of methoxy groups -OCH3 is 1. The van der Waals surface area contributed by atoms with Gasteiger partial charge >= 0.3 is 0 Å². The van der Waals surface area contributed by atoms with Crippen molar-refractivity contribution in [3.05, 3.63) is 21.9 Å². The molecule has 1 aliphatic rings. The van der Waals surface area contributed by atoms with E-state index in [0.717, 1.165) is 30.6 Å². The van der Waals surface area contributed by atoms with Crippen LogP contribution < -0.4 is 0 Å². The van der Waals surface area contributed by atoms with Gasteiger partial charge in [0, 0.05) is 16.9 Å². The highest BCUT2D eigenvalue weighted by atomic mass is 32.1. The van der Waals surface area contributed by atoms with Crippen LogP contribution in [-0.4, -0.2) is 18.3 Å². The molecule has 0 atom stereocenters. The van der Waals surface area contributed by atoms with Crippen LogP contribution >= 0.6 is 11.3 Å². The van der Waals surface area contributed by atoms with Gasteiger partial charge in [0.2, 0.25) is 0 Å². The van der Waals surface area contributed by atoms with Gasteiger partial charge in [-0.3, -0.25) is 0 Å². The summed E-state index contributed by atoms with van der Waals surface area (Å²) in [5.74, 6) is 0. The summed E-state index contributed by atoms with van der Waals surface area (Å²) in [5.41, 5.74) is -0.589. The molecular formula is C12H18O2S. The van der Waals surface area contributed by atoms with Gasteiger partial charge in [-0.25, -0.2) is 0 Å². The third kappa shape index (κ3) is 2.25. The normalized spacial score (nSPS) is 31.8. The second kappa shape index (κ2) is 4.24. The summed E-state index contributed by atoms with van der Waals surface area (Å²) in [5, 5.41) is 10.5. The molecule has 1 N–H and O–H groups in total. The summed E-state index contributed by atoms with van der Waals surface area (Å²) in [6.45, 7) is 2.08. The molecule has 0 amide bonds. The minimum absolute atomic E-state index is 0.339. The van der Waals surface area contributed by atoms with Crippen molar-refractivity contribution in [1.29, 1.82) is 0 Å². The number of thiophene rings is 1. The minimum atomic E-state index is -0.589. The maximum atomic E-state index is 10.5. The average Bonchev–Trinajstić information content (AvgIpc) is 2.67. The molecule has 2 nitrogen and oxygen atoms in total. The monoisotopic (exact) mass is 226 g/mol. The predicted molar refractivity (Wildman–Crippen MR) is 62.2 cm³/mol. The predicted octanol–water partition coefficient (Wildman–Crippen LogP) is 2.83. The van der Waals surface area contributed by atoms with Crippen molar-refractivity contribution in [3.8, 4) is 0 Å². The quantitative estimate of drug-likeness (QED) is 0.840. The van der Waals surface area contributed by atoms with E-state index in [1.54, 1.807) is 18.4 Å². The third-order valence-electron chi connectivity index (χ3n) is 3.29. The van der Waals surface area contributed by atoms with Gasteiger partial charge in [0.15, 0.2) is 0 Å². The van der Waals surface area contributed by atoms with Gasteiger partial charge < -0.3 is 9.84 Å². The Morgan fingerprint density at radius 3 is 2.53 bits per heavy atom. The largest absolute Gasteiger partial charge is 0.384 e. The SMILES string of the molecule is COC1CCC(O)(c2ccc(C)s2)CC1. The number of hydrogen-bond acceptors (Lipinski definition) is 3. The molecule has 0 radical (unpaired) electrons. The fourth-order valence-corrected chi connectivity index (χ4v) is 3.25. The Kier molecular flexibility index (Phi) is 3.14. The zero-order valence-corrected chi connectivity index (χ0v) is 10.1. The minimum Gasteiger partial charge on any atom is -0.384 e. The Balaban J connectivity index is 2.09. The van der Waals surface area contributed by atoms with Crippen LogP contribution in [0.25, 0.3) is 0 Å². The van der Waals surface area contributed by atoms with Crippen molar-refractivity contribution in [3.63, 3.8) is 0 Å². The number of rotatable bonds is 2. The first-order valence-corrected chi connectivity index (χ1v) is 6.28. The summed E-state index contributed by atoms with van der Waals surface area (Å²) in [6, 6.07) is 4.15. The number of hydrogen-bond donors (Lipinski definition) is 1. The lowest BCUT2D eigenvalue weighted by molar-refractivity contribution is -0.0451. The number of ether oxygens (including phenoxy) is 1. The molecule has 0 saturated heterocycles. The Morgan fingerprint density at radius 2 is 2.07 bits per heavy atom. The van der Waals surface area contributed by atoms with Crippen LogP contribution in [0.15, 0.2) is 12.1 Å². The fraction of sp³-hybridized carbons (Fsp3) is 0.667.